The van der Waals surface area contributed by atoms with E-state index in [0.29, 0.717) is 11.7 Å². The molecule has 1 unspecified atom stereocenters. The molecule has 3 heteroatoms. The van der Waals surface area contributed by atoms with Crippen molar-refractivity contribution in [2.24, 2.45) is 0 Å². The van der Waals surface area contributed by atoms with E-state index in [1.165, 1.54) is 44.9 Å². The Balaban J connectivity index is 2.63. The highest BCUT2D eigenvalue weighted by Gasteiger charge is 2.14. The lowest BCUT2D eigenvalue weighted by Crippen LogP contribution is -2.21. The minimum Gasteiger partial charge on any atom is -0.382 e. The topological polar surface area (TPSA) is 49.0 Å². The summed E-state index contributed by atoms with van der Waals surface area (Å²) in [5, 5.41) is 14.7. The molecule has 0 aliphatic carbocycles. The fourth-order valence-corrected chi connectivity index (χ4v) is 2.75. The van der Waals surface area contributed by atoms with E-state index in [2.05, 4.69) is 19.2 Å². The predicted molar refractivity (Wildman–Crippen MR) is 91.8 cm³/mol. The predicted octanol–water partition coefficient (Wildman–Crippen LogP) is 5.59. The maximum Gasteiger partial charge on any atom is 0.388 e. The zero-order valence-corrected chi connectivity index (χ0v) is 14.1. The minimum atomic E-state index is -1.11. The molecule has 0 amide bonds. The van der Waals surface area contributed by atoms with Crippen LogP contribution in [0.5, 0.6) is 0 Å². The summed E-state index contributed by atoms with van der Waals surface area (Å²) in [6.45, 7) is 4.42. The minimum absolute atomic E-state index is 0.261. The zero-order valence-electron chi connectivity index (χ0n) is 14.1. The van der Waals surface area contributed by atoms with Gasteiger partial charge in [0.25, 0.3) is 0 Å². The van der Waals surface area contributed by atoms with Gasteiger partial charge in [0.05, 0.1) is 5.56 Å². The van der Waals surface area contributed by atoms with Crippen LogP contribution in [0.25, 0.3) is 0 Å². The quantitative estimate of drug-likeness (QED) is 0.512. The molecule has 0 bridgehead atoms. The van der Waals surface area contributed by atoms with Crippen molar-refractivity contribution < 1.29 is 9.90 Å². The molecule has 123 valence electrons. The molecule has 1 radical (unpaired) electrons. The van der Waals surface area contributed by atoms with E-state index < -0.39 is 5.97 Å². The molecule has 0 heterocycles. The number of nitrogens with one attached hydrogen (secondary N) is 1. The maximum absolute atomic E-state index is 11.2. The molecular formula is C19H30NO2. The molecule has 0 spiro atoms. The monoisotopic (exact) mass is 304 g/mol. The lowest BCUT2D eigenvalue weighted by atomic mass is 10.0. The van der Waals surface area contributed by atoms with E-state index >= 15 is 0 Å². The number of hydrogen-bond donors (Lipinski definition) is 1. The highest BCUT2D eigenvalue weighted by molar-refractivity contribution is 5.93. The fraction of sp³-hybridized carbons (Fsp3) is 0.632. The molecular weight excluding hydrogens is 274 g/mol. The molecule has 1 aromatic rings. The molecule has 22 heavy (non-hydrogen) atoms. The number of benzene rings is 1. The second kappa shape index (κ2) is 11.1. The first kappa shape index (κ1) is 18.5. The Morgan fingerprint density at radius 1 is 0.955 bits per heavy atom. The summed E-state index contributed by atoms with van der Waals surface area (Å²) < 4.78 is 0. The normalized spacial score (nSPS) is 12.1. The van der Waals surface area contributed by atoms with Gasteiger partial charge < -0.3 is 5.32 Å². The van der Waals surface area contributed by atoms with Gasteiger partial charge in [-0.25, -0.2) is 9.90 Å². The third-order valence-electron chi connectivity index (χ3n) is 4.07. The van der Waals surface area contributed by atoms with Crippen molar-refractivity contribution in [3.05, 3.63) is 29.8 Å². The molecule has 1 rings (SSSR count). The summed E-state index contributed by atoms with van der Waals surface area (Å²) in [5.41, 5.74) is 0.955. The number of anilines is 1. The summed E-state index contributed by atoms with van der Waals surface area (Å²) in [4.78, 5) is 11.2. The first-order valence-corrected chi connectivity index (χ1v) is 8.75. The van der Waals surface area contributed by atoms with Crippen molar-refractivity contribution in [3.63, 3.8) is 0 Å². The Bertz CT molecular complexity index is 431. The van der Waals surface area contributed by atoms with Crippen LogP contribution < -0.4 is 5.32 Å². The fourth-order valence-electron chi connectivity index (χ4n) is 2.75. The molecule has 1 N–H and O–H groups in total. The van der Waals surface area contributed by atoms with Crippen LogP contribution in [0, 0.1) is 0 Å². The zero-order chi connectivity index (χ0) is 16.2. The van der Waals surface area contributed by atoms with Crippen LogP contribution >= 0.6 is 0 Å². The number of para-hydroxylation sites is 1. The van der Waals surface area contributed by atoms with Crippen molar-refractivity contribution in [3.8, 4) is 0 Å². The van der Waals surface area contributed by atoms with Gasteiger partial charge >= 0.3 is 5.97 Å². The molecule has 0 aliphatic rings. The highest BCUT2D eigenvalue weighted by Crippen LogP contribution is 2.21. The van der Waals surface area contributed by atoms with Crippen LogP contribution in [0.4, 0.5) is 5.69 Å². The van der Waals surface area contributed by atoms with Crippen LogP contribution in [-0.4, -0.2) is 12.0 Å². The highest BCUT2D eigenvalue weighted by atomic mass is 16.4. The Morgan fingerprint density at radius 3 is 2.18 bits per heavy atom. The van der Waals surface area contributed by atoms with Crippen molar-refractivity contribution in [1.29, 1.82) is 0 Å². The molecule has 0 aliphatic heterocycles. The van der Waals surface area contributed by atoms with E-state index in [1.54, 1.807) is 12.1 Å². The van der Waals surface area contributed by atoms with Gasteiger partial charge in [-0.3, -0.25) is 0 Å². The number of carbonyl (C=O) groups excluding carboxylic acids is 1. The Kier molecular flexibility index (Phi) is 9.36. The lowest BCUT2D eigenvalue weighted by Gasteiger charge is -2.21. The average Bonchev–Trinajstić information content (AvgIpc) is 2.51. The van der Waals surface area contributed by atoms with Crippen LogP contribution in [-0.2, 0) is 5.11 Å². The van der Waals surface area contributed by atoms with Gasteiger partial charge in [0.2, 0.25) is 0 Å². The first-order chi connectivity index (χ1) is 10.7. The summed E-state index contributed by atoms with van der Waals surface area (Å²) in [5.74, 6) is -1.11. The molecule has 1 atom stereocenters. The summed E-state index contributed by atoms with van der Waals surface area (Å²) >= 11 is 0. The molecule has 1 aromatic carbocycles. The van der Waals surface area contributed by atoms with Gasteiger partial charge in [-0.15, -0.1) is 0 Å². The van der Waals surface area contributed by atoms with E-state index in [1.807, 2.05) is 12.1 Å². The smallest absolute Gasteiger partial charge is 0.382 e. The van der Waals surface area contributed by atoms with E-state index in [0.717, 1.165) is 12.8 Å². The van der Waals surface area contributed by atoms with Gasteiger partial charge in [0, 0.05) is 11.7 Å². The first-order valence-electron chi connectivity index (χ1n) is 8.75. The third-order valence-corrected chi connectivity index (χ3v) is 4.07. The number of hydrogen-bond acceptors (Lipinski definition) is 2. The van der Waals surface area contributed by atoms with E-state index in [4.69, 9.17) is 0 Å². The molecule has 0 saturated heterocycles. The maximum atomic E-state index is 11.2. The van der Waals surface area contributed by atoms with E-state index in [9.17, 15) is 9.90 Å². The molecule has 0 fully saturated rings. The van der Waals surface area contributed by atoms with Gasteiger partial charge in [0.15, 0.2) is 0 Å². The standard InChI is InChI=1S/C19H30NO2/c1-3-5-7-9-13-16(12-8-6-4-2)20-18-15-11-10-14-17(18)19(21)22/h10-11,14-16,20H,3-9,12-13H2,1-2H3. The lowest BCUT2D eigenvalue weighted by molar-refractivity contribution is 0.0574. The second-order valence-electron chi connectivity index (χ2n) is 6.02. The van der Waals surface area contributed by atoms with E-state index in [-0.39, 0.29) is 5.56 Å². The summed E-state index contributed by atoms with van der Waals surface area (Å²) in [6, 6.07) is 7.41. The van der Waals surface area contributed by atoms with Crippen molar-refractivity contribution in [2.45, 2.75) is 77.7 Å². The Hall–Kier alpha value is -1.51. The van der Waals surface area contributed by atoms with Crippen LogP contribution in [0.3, 0.4) is 0 Å². The van der Waals surface area contributed by atoms with Crippen LogP contribution in [0.15, 0.2) is 24.3 Å². The van der Waals surface area contributed by atoms with Gasteiger partial charge in [-0.1, -0.05) is 70.9 Å². The van der Waals surface area contributed by atoms with Crippen LogP contribution in [0.2, 0.25) is 0 Å². The van der Waals surface area contributed by atoms with Crippen molar-refractivity contribution in [2.75, 3.05) is 5.32 Å². The molecule has 3 nitrogen and oxygen atoms in total. The van der Waals surface area contributed by atoms with Gasteiger partial charge in [-0.05, 0) is 25.0 Å². The summed E-state index contributed by atoms with van der Waals surface area (Å²) in [6.07, 6.45) is 10.8. The van der Waals surface area contributed by atoms with Crippen molar-refractivity contribution >= 4 is 11.7 Å². The number of rotatable bonds is 12. The van der Waals surface area contributed by atoms with Crippen molar-refractivity contribution in [1.82, 2.24) is 0 Å². The number of carbonyl (C=O) groups is 1. The second-order valence-corrected chi connectivity index (χ2v) is 6.02. The SMILES string of the molecule is CCCCCCC(CCCCC)Nc1ccccc1C([O])=O. The third kappa shape index (κ3) is 6.97. The Labute approximate surface area is 135 Å². The Morgan fingerprint density at radius 2 is 1.55 bits per heavy atom. The largest absolute Gasteiger partial charge is 0.388 e. The molecule has 0 aromatic heterocycles. The molecule has 0 saturated carbocycles. The number of unbranched alkanes of at least 4 members (excludes halogenated alkanes) is 5. The van der Waals surface area contributed by atoms with Crippen LogP contribution in [0.1, 0.15) is 82.0 Å². The summed E-state index contributed by atoms with van der Waals surface area (Å²) in [7, 11) is 0. The average molecular weight is 304 g/mol. The van der Waals surface area contributed by atoms with Gasteiger partial charge in [-0.2, -0.15) is 0 Å². The van der Waals surface area contributed by atoms with Gasteiger partial charge in [0.1, 0.15) is 0 Å².